The Balaban J connectivity index is 1.55. The van der Waals surface area contributed by atoms with Gasteiger partial charge in [-0.1, -0.05) is 75.7 Å². The van der Waals surface area contributed by atoms with Crippen molar-refractivity contribution in [3.05, 3.63) is 54.1 Å². The van der Waals surface area contributed by atoms with E-state index in [1.165, 1.54) is 23.4 Å². The fourth-order valence-electron chi connectivity index (χ4n) is 6.77. The van der Waals surface area contributed by atoms with Gasteiger partial charge >= 0.3 is 0 Å². The average molecular weight is 692 g/mol. The van der Waals surface area contributed by atoms with Crippen molar-refractivity contribution in [3.8, 4) is 0 Å². The van der Waals surface area contributed by atoms with Gasteiger partial charge in [-0.3, -0.25) is 9.59 Å². The fourth-order valence-corrected chi connectivity index (χ4v) is 11.4. The third kappa shape index (κ3) is 8.02. The van der Waals surface area contributed by atoms with E-state index in [2.05, 4.69) is 67.7 Å². The van der Waals surface area contributed by atoms with Crippen LogP contribution in [0.25, 0.3) is 14.4 Å². The number of carbonyl (C=O) groups excluding carboxylic acids is 2. The highest BCUT2D eigenvalue weighted by Crippen LogP contribution is 2.43. The lowest BCUT2D eigenvalue weighted by Gasteiger charge is -2.32. The molecule has 2 aliphatic rings. The lowest BCUT2D eigenvalue weighted by molar-refractivity contribution is -0.130. The van der Waals surface area contributed by atoms with E-state index in [1.54, 1.807) is 7.05 Å². The summed E-state index contributed by atoms with van der Waals surface area (Å²) in [7, 11) is -1.21. The van der Waals surface area contributed by atoms with E-state index in [4.69, 9.17) is 0 Å². The number of rotatable bonds is 12. The second-order valence-corrected chi connectivity index (χ2v) is 17.6. The van der Waals surface area contributed by atoms with Crippen molar-refractivity contribution < 1.29 is 18.0 Å². The summed E-state index contributed by atoms with van der Waals surface area (Å²) in [5.41, 5.74) is 1.31. The number of benzene rings is 2. The molecule has 41 heavy (non-hydrogen) atoms. The largest absolute Gasteiger partial charge is 0.311 e. The predicted molar refractivity (Wildman–Crippen MR) is 180 cm³/mol. The van der Waals surface area contributed by atoms with E-state index in [0.717, 1.165) is 19.3 Å². The standard InChI is InChI=1S/C34H46INO4S/c1-5-32(30-16-8-12-25-11-6-7-13-28(25)30)35-23(2)27-14-9-17-31(27)34(38)29(15-10-18-33(37)24(3)36-4)26-19-21-41(39,40)22-20-26/h5-8,11-13,16,24,26-27,29,31,36H,9-10,14-15,17-22H2,1-4H3/b32-5-/t24-,27-,29-,31?/m0/s1. The summed E-state index contributed by atoms with van der Waals surface area (Å²) in [5, 5.41) is 5.55. The maximum atomic E-state index is 14.3. The van der Waals surface area contributed by atoms with Gasteiger partial charge < -0.3 is 5.32 Å². The number of Topliss-reactive ketones (excluding diaryl/α,β-unsaturated/α-hetero) is 2. The summed E-state index contributed by atoms with van der Waals surface area (Å²) < 4.78 is 27.3. The molecule has 1 heterocycles. The molecule has 4 rings (SSSR count). The SMILES string of the molecule is C/C=C(\I=C(C)[C@@H]1CCCC1C(=O)[C@@H](CCCC(=O)[C@H](C)NC)C1CCS(=O)(=O)CC1)c1cccc2ccccc12. The van der Waals surface area contributed by atoms with E-state index in [0.29, 0.717) is 43.8 Å². The van der Waals surface area contributed by atoms with Gasteiger partial charge in [0, 0.05) is 21.8 Å². The van der Waals surface area contributed by atoms with Gasteiger partial charge in [-0.2, -0.15) is 0 Å². The first-order chi connectivity index (χ1) is 19.6. The number of nitrogens with one attached hydrogen (secondary N) is 1. The van der Waals surface area contributed by atoms with Crippen molar-refractivity contribution in [2.75, 3.05) is 18.6 Å². The van der Waals surface area contributed by atoms with Crippen molar-refractivity contribution in [2.24, 2.45) is 23.7 Å². The molecule has 0 aromatic heterocycles. The maximum Gasteiger partial charge on any atom is 0.150 e. The van der Waals surface area contributed by atoms with E-state index < -0.39 is 30.6 Å². The lowest BCUT2D eigenvalue weighted by Crippen LogP contribution is -2.37. The minimum atomic E-state index is -3.00. The molecule has 4 atom stereocenters. The zero-order chi connectivity index (χ0) is 29.6. The van der Waals surface area contributed by atoms with Crippen LogP contribution in [-0.4, -0.2) is 48.1 Å². The number of sulfone groups is 1. The molecule has 2 fully saturated rings. The predicted octanol–water partition coefficient (Wildman–Crippen LogP) is 7.14. The molecule has 0 amide bonds. The molecule has 7 heteroatoms. The van der Waals surface area contributed by atoms with Gasteiger partial charge in [0.25, 0.3) is 0 Å². The smallest absolute Gasteiger partial charge is 0.150 e. The minimum Gasteiger partial charge on any atom is -0.311 e. The highest BCUT2D eigenvalue weighted by Gasteiger charge is 2.41. The van der Waals surface area contributed by atoms with E-state index in [1.807, 2.05) is 6.92 Å². The van der Waals surface area contributed by atoms with Gasteiger partial charge in [-0.15, -0.1) is 0 Å². The number of halogens is 1. The minimum absolute atomic E-state index is 0.00999. The zero-order valence-electron chi connectivity index (χ0n) is 25.0. The van der Waals surface area contributed by atoms with Crippen LogP contribution in [0.4, 0.5) is 0 Å². The van der Waals surface area contributed by atoms with Crippen molar-refractivity contribution in [1.29, 1.82) is 0 Å². The molecular weight excluding hydrogens is 645 g/mol. The maximum absolute atomic E-state index is 14.3. The van der Waals surface area contributed by atoms with Gasteiger partial charge in [0.2, 0.25) is 0 Å². The van der Waals surface area contributed by atoms with Gasteiger partial charge in [0.05, 0.1) is 17.5 Å². The van der Waals surface area contributed by atoms with Crippen LogP contribution in [0.3, 0.4) is 0 Å². The molecule has 1 unspecified atom stereocenters. The number of fused-ring (bicyclic) bond motifs is 1. The van der Waals surface area contributed by atoms with Crippen molar-refractivity contribution in [1.82, 2.24) is 5.32 Å². The van der Waals surface area contributed by atoms with Gasteiger partial charge in [-0.05, 0) is 98.0 Å². The first kappa shape index (κ1) is 32.2. The van der Waals surface area contributed by atoms with Crippen molar-refractivity contribution in [2.45, 2.75) is 78.2 Å². The van der Waals surface area contributed by atoms with Gasteiger partial charge in [0.15, 0.2) is 0 Å². The fraction of sp³-hybridized carbons (Fsp3) is 0.559. The Hall–Kier alpha value is -1.71. The molecule has 0 spiro atoms. The number of hydrogen-bond acceptors (Lipinski definition) is 5. The van der Waals surface area contributed by atoms with Crippen LogP contribution >= 0.6 is 20.7 Å². The van der Waals surface area contributed by atoms with Gasteiger partial charge in [-0.25, -0.2) is 8.42 Å². The topological polar surface area (TPSA) is 80.3 Å². The monoisotopic (exact) mass is 691 g/mol. The third-order valence-corrected chi connectivity index (χ3v) is 14.5. The quantitative estimate of drug-likeness (QED) is 0.240. The Bertz CT molecular complexity index is 1390. The summed E-state index contributed by atoms with van der Waals surface area (Å²) in [5.74, 6) is 1.11. The summed E-state index contributed by atoms with van der Waals surface area (Å²) in [6.07, 6.45) is 8.24. The molecule has 0 radical (unpaired) electrons. The van der Waals surface area contributed by atoms with Crippen molar-refractivity contribution in [3.63, 3.8) is 0 Å². The average Bonchev–Trinajstić information content (AvgIpc) is 3.47. The highest BCUT2D eigenvalue weighted by molar-refractivity contribution is 14.2. The molecule has 5 nitrogen and oxygen atoms in total. The van der Waals surface area contributed by atoms with Crippen LogP contribution in [0.2, 0.25) is 0 Å². The molecule has 1 N–H and O–H groups in total. The summed E-state index contributed by atoms with van der Waals surface area (Å²) in [4.78, 5) is 26.8. The zero-order valence-corrected chi connectivity index (χ0v) is 28.0. The van der Waals surface area contributed by atoms with Crippen LogP contribution in [0.5, 0.6) is 0 Å². The Kier molecular flexibility index (Phi) is 11.5. The highest BCUT2D eigenvalue weighted by atomic mass is 127. The Morgan fingerprint density at radius 1 is 1.02 bits per heavy atom. The van der Waals surface area contributed by atoms with Crippen LogP contribution in [0.15, 0.2) is 48.5 Å². The molecule has 224 valence electrons. The van der Waals surface area contributed by atoms with E-state index in [9.17, 15) is 18.0 Å². The first-order valence-corrected chi connectivity index (χ1v) is 19.2. The third-order valence-electron chi connectivity index (χ3n) is 9.33. The molecule has 1 aliphatic carbocycles. The summed E-state index contributed by atoms with van der Waals surface area (Å²) in [6.45, 7) is 6.28. The second-order valence-electron chi connectivity index (χ2n) is 11.9. The molecule has 1 saturated heterocycles. The van der Waals surface area contributed by atoms with Crippen molar-refractivity contribution >= 4 is 60.0 Å². The van der Waals surface area contributed by atoms with Crippen LogP contribution in [-0.2, 0) is 19.4 Å². The normalized spacial score (nSPS) is 23.6. The van der Waals surface area contributed by atoms with Crippen LogP contribution in [0.1, 0.15) is 77.7 Å². The Morgan fingerprint density at radius 3 is 2.41 bits per heavy atom. The number of ketones is 2. The molecule has 2 aromatic rings. The molecule has 1 aliphatic heterocycles. The summed E-state index contributed by atoms with van der Waals surface area (Å²) in [6, 6.07) is 14.9. The second kappa shape index (κ2) is 14.6. The van der Waals surface area contributed by atoms with E-state index in [-0.39, 0.29) is 41.1 Å². The lowest BCUT2D eigenvalue weighted by atomic mass is 9.74. The molecule has 0 bridgehead atoms. The number of hydrogen-bond donors (Lipinski definition) is 1. The number of likely N-dealkylation sites (N-methyl/N-ethyl adjacent to an activating group) is 1. The number of allylic oxidation sites excluding steroid dienone is 1. The molecule has 1 saturated carbocycles. The van der Waals surface area contributed by atoms with Crippen LogP contribution in [0, 0.1) is 23.7 Å². The van der Waals surface area contributed by atoms with E-state index >= 15 is 0 Å². The Labute approximate surface area is 256 Å². The summed E-state index contributed by atoms with van der Waals surface area (Å²) >= 11 is -0.407. The first-order valence-electron chi connectivity index (χ1n) is 15.2. The van der Waals surface area contributed by atoms with Crippen LogP contribution < -0.4 is 5.32 Å². The molecule has 2 aromatic carbocycles. The Morgan fingerprint density at radius 2 is 1.71 bits per heavy atom. The number of carbonyl (C=O) groups is 2. The molecular formula is C34H46INO4S. The van der Waals surface area contributed by atoms with Gasteiger partial charge in [0.1, 0.15) is 21.4 Å².